The Bertz CT molecular complexity index is 1110. The Morgan fingerprint density at radius 3 is 2.83 bits per heavy atom. The van der Waals surface area contributed by atoms with Gasteiger partial charge in [0.05, 0.1) is 16.9 Å². The van der Waals surface area contributed by atoms with Crippen molar-refractivity contribution in [3.63, 3.8) is 0 Å². The van der Waals surface area contributed by atoms with E-state index in [9.17, 15) is 4.79 Å². The van der Waals surface area contributed by atoms with E-state index in [1.807, 2.05) is 34.5 Å². The molecule has 3 aliphatic rings. The average molecular weight is 429 g/mol. The Morgan fingerprint density at radius 1 is 1.23 bits per heavy atom. The zero-order chi connectivity index (χ0) is 20.8. The number of urea groups is 1. The van der Waals surface area contributed by atoms with Crippen molar-refractivity contribution in [2.24, 2.45) is 12.0 Å². The van der Waals surface area contributed by atoms with Gasteiger partial charge in [0.15, 0.2) is 11.3 Å². The molecule has 1 fully saturated rings. The van der Waals surface area contributed by atoms with Crippen LogP contribution in [-0.4, -0.2) is 66.1 Å². The number of carbonyl (C=O) groups is 1. The molecule has 9 heteroatoms. The highest BCUT2D eigenvalue weighted by Gasteiger charge is 2.34. The summed E-state index contributed by atoms with van der Waals surface area (Å²) in [6.45, 7) is 6.06. The molecule has 0 bridgehead atoms. The third-order valence-electron chi connectivity index (χ3n) is 5.93. The van der Waals surface area contributed by atoms with E-state index < -0.39 is 0 Å². The molecule has 3 aliphatic heterocycles. The zero-order valence-electron chi connectivity index (χ0n) is 17.2. The van der Waals surface area contributed by atoms with E-state index in [2.05, 4.69) is 16.0 Å². The molecule has 2 aromatic rings. The molecule has 1 aromatic heterocycles. The second-order valence-electron chi connectivity index (χ2n) is 7.96. The summed E-state index contributed by atoms with van der Waals surface area (Å²) in [5, 5.41) is 6.43. The number of hydrogen-bond acceptors (Lipinski definition) is 5. The number of amides is 2. The quantitative estimate of drug-likeness (QED) is 0.688. The second-order valence-corrected chi connectivity index (χ2v) is 8.39. The number of piperazine rings is 1. The fourth-order valence-corrected chi connectivity index (χ4v) is 4.54. The molecule has 0 spiro atoms. The van der Waals surface area contributed by atoms with Crippen LogP contribution in [0.15, 0.2) is 23.2 Å². The molecule has 0 N–H and O–H groups in total. The number of aromatic nitrogens is 2. The predicted octanol–water partition coefficient (Wildman–Crippen LogP) is 1.41. The number of ether oxygens (including phenoxy) is 1. The third-order valence-corrected chi connectivity index (χ3v) is 6.17. The van der Waals surface area contributed by atoms with Crippen molar-refractivity contribution in [2.45, 2.75) is 19.4 Å². The number of anilines is 2. The van der Waals surface area contributed by atoms with Crippen molar-refractivity contribution in [1.29, 1.82) is 0 Å². The maximum atomic E-state index is 13.4. The lowest BCUT2D eigenvalue weighted by molar-refractivity contribution is 0.190. The SMILES string of the molecule is CC1COc2cc(Cl)ccc2N1C(=O)N1CCN(c2nn(C)c3c2=CCCN=3)CC1. The number of rotatable bonds is 1. The summed E-state index contributed by atoms with van der Waals surface area (Å²) >= 11 is 6.10. The third kappa shape index (κ3) is 3.19. The zero-order valence-corrected chi connectivity index (χ0v) is 18.0. The van der Waals surface area contributed by atoms with E-state index >= 15 is 0 Å². The summed E-state index contributed by atoms with van der Waals surface area (Å²) < 4.78 is 7.64. The molecule has 0 radical (unpaired) electrons. The summed E-state index contributed by atoms with van der Waals surface area (Å²) in [5.41, 5.74) is 1.73. The molecule has 1 atom stereocenters. The van der Waals surface area contributed by atoms with E-state index in [-0.39, 0.29) is 12.1 Å². The Labute approximate surface area is 180 Å². The van der Waals surface area contributed by atoms with Crippen molar-refractivity contribution in [3.8, 4) is 5.75 Å². The van der Waals surface area contributed by atoms with Gasteiger partial charge in [-0.15, -0.1) is 0 Å². The fraction of sp³-hybridized carbons (Fsp3) is 0.476. The van der Waals surface area contributed by atoms with Gasteiger partial charge in [0.25, 0.3) is 0 Å². The van der Waals surface area contributed by atoms with Crippen molar-refractivity contribution in [2.75, 3.05) is 49.1 Å². The topological polar surface area (TPSA) is 66.2 Å². The normalized spacial score (nSPS) is 20.6. The highest BCUT2D eigenvalue weighted by molar-refractivity contribution is 6.30. The van der Waals surface area contributed by atoms with Gasteiger partial charge in [0.2, 0.25) is 0 Å². The van der Waals surface area contributed by atoms with E-state index in [0.717, 1.165) is 48.3 Å². The number of halogens is 1. The lowest BCUT2D eigenvalue weighted by atomic mass is 10.1. The standard InChI is InChI=1S/C21H25ClN6O2/c1-14-13-30-18-12-15(22)5-6-17(18)28(14)21(29)27-10-8-26(9-11-27)20-16-4-3-7-23-19(16)25(2)24-20/h4-6,12,14H,3,7-11,13H2,1-2H3. The first kappa shape index (κ1) is 19.2. The first-order chi connectivity index (χ1) is 14.5. The molecule has 5 rings (SSSR count). The van der Waals surface area contributed by atoms with Crippen LogP contribution in [0.2, 0.25) is 5.02 Å². The Balaban J connectivity index is 1.34. The highest BCUT2D eigenvalue weighted by Crippen LogP contribution is 2.36. The van der Waals surface area contributed by atoms with Crippen LogP contribution in [0.25, 0.3) is 6.08 Å². The van der Waals surface area contributed by atoms with Crippen LogP contribution in [0.5, 0.6) is 5.75 Å². The van der Waals surface area contributed by atoms with Crippen LogP contribution in [-0.2, 0) is 7.05 Å². The lowest BCUT2D eigenvalue weighted by Crippen LogP contribution is -2.57. The van der Waals surface area contributed by atoms with Gasteiger partial charge in [-0.2, -0.15) is 5.10 Å². The van der Waals surface area contributed by atoms with Gasteiger partial charge in [0.1, 0.15) is 12.4 Å². The van der Waals surface area contributed by atoms with Crippen LogP contribution in [0, 0.1) is 0 Å². The number of benzene rings is 1. The first-order valence-electron chi connectivity index (χ1n) is 10.4. The minimum atomic E-state index is -0.0387. The number of aryl methyl sites for hydroxylation is 1. The van der Waals surface area contributed by atoms with Gasteiger partial charge >= 0.3 is 6.03 Å². The minimum absolute atomic E-state index is 0.0126. The fourth-order valence-electron chi connectivity index (χ4n) is 4.38. The van der Waals surface area contributed by atoms with Gasteiger partial charge in [-0.25, -0.2) is 9.48 Å². The molecule has 0 saturated carbocycles. The smallest absolute Gasteiger partial charge is 0.325 e. The van der Waals surface area contributed by atoms with Crippen LogP contribution in [0.4, 0.5) is 16.3 Å². The van der Waals surface area contributed by atoms with Crippen LogP contribution in [0.1, 0.15) is 13.3 Å². The van der Waals surface area contributed by atoms with Gasteiger partial charge in [0, 0.05) is 50.9 Å². The van der Waals surface area contributed by atoms with Gasteiger partial charge in [-0.05, 0) is 25.5 Å². The monoisotopic (exact) mass is 428 g/mol. The maximum Gasteiger partial charge on any atom is 0.325 e. The van der Waals surface area contributed by atoms with Crippen molar-refractivity contribution < 1.29 is 9.53 Å². The Kier molecular flexibility index (Phi) is 4.81. The van der Waals surface area contributed by atoms with E-state index in [1.54, 1.807) is 12.1 Å². The second kappa shape index (κ2) is 7.50. The number of nitrogens with zero attached hydrogens (tertiary/aromatic N) is 6. The molecule has 30 heavy (non-hydrogen) atoms. The molecule has 1 aromatic carbocycles. The molecule has 8 nitrogen and oxygen atoms in total. The Hall–Kier alpha value is -2.74. The van der Waals surface area contributed by atoms with Crippen LogP contribution in [0.3, 0.4) is 0 Å². The largest absolute Gasteiger partial charge is 0.489 e. The Morgan fingerprint density at radius 2 is 2.03 bits per heavy atom. The summed E-state index contributed by atoms with van der Waals surface area (Å²) in [6, 6.07) is 5.40. The number of carbonyl (C=O) groups excluding carboxylic acids is 1. The lowest BCUT2D eigenvalue weighted by Gasteiger charge is -2.41. The van der Waals surface area contributed by atoms with E-state index in [4.69, 9.17) is 21.4 Å². The van der Waals surface area contributed by atoms with Crippen LogP contribution >= 0.6 is 11.6 Å². The van der Waals surface area contributed by atoms with E-state index in [0.29, 0.717) is 30.5 Å². The molecular weight excluding hydrogens is 404 g/mol. The molecule has 0 aliphatic carbocycles. The maximum absolute atomic E-state index is 13.4. The van der Waals surface area contributed by atoms with Crippen molar-refractivity contribution in [1.82, 2.24) is 14.7 Å². The molecule has 1 saturated heterocycles. The number of fused-ring (bicyclic) bond motifs is 2. The van der Waals surface area contributed by atoms with Gasteiger partial charge in [-0.1, -0.05) is 17.7 Å². The predicted molar refractivity (Wildman–Crippen MR) is 116 cm³/mol. The summed E-state index contributed by atoms with van der Waals surface area (Å²) in [7, 11) is 1.94. The van der Waals surface area contributed by atoms with Crippen molar-refractivity contribution >= 4 is 35.2 Å². The first-order valence-corrected chi connectivity index (χ1v) is 10.7. The minimum Gasteiger partial charge on any atom is -0.489 e. The average Bonchev–Trinajstić information content (AvgIpc) is 3.10. The van der Waals surface area contributed by atoms with Gasteiger partial charge < -0.3 is 14.5 Å². The van der Waals surface area contributed by atoms with E-state index in [1.165, 1.54) is 0 Å². The summed E-state index contributed by atoms with van der Waals surface area (Å²) in [5.74, 6) is 1.63. The van der Waals surface area contributed by atoms with Gasteiger partial charge in [-0.3, -0.25) is 9.89 Å². The summed E-state index contributed by atoms with van der Waals surface area (Å²) in [6.07, 6.45) is 3.17. The highest BCUT2D eigenvalue weighted by atomic mass is 35.5. The molecule has 158 valence electrons. The molecule has 2 amide bonds. The number of hydrogen-bond donors (Lipinski definition) is 0. The molecule has 4 heterocycles. The molecule has 1 unspecified atom stereocenters. The van der Waals surface area contributed by atoms with Crippen LogP contribution < -0.4 is 25.2 Å². The van der Waals surface area contributed by atoms with Crippen molar-refractivity contribution in [3.05, 3.63) is 33.9 Å². The molecular formula is C21H25ClN6O2. The summed E-state index contributed by atoms with van der Waals surface area (Å²) in [4.78, 5) is 24.0.